The summed E-state index contributed by atoms with van der Waals surface area (Å²) in [6, 6.07) is 0. The summed E-state index contributed by atoms with van der Waals surface area (Å²) in [5.74, 6) is -4.09. The molecule has 8 nitrogen and oxygen atoms in total. The van der Waals surface area contributed by atoms with Crippen LogP contribution in [-0.4, -0.2) is 39.1 Å². The summed E-state index contributed by atoms with van der Waals surface area (Å²) in [6.07, 6.45) is 0.870. The zero-order valence-electron chi connectivity index (χ0n) is 8.12. The van der Waals surface area contributed by atoms with Crippen LogP contribution in [-0.2, 0) is 19.2 Å². The first kappa shape index (κ1) is 16.1. The number of amides is 1. The molecular formula is C8H11NO7. The number of carbonyl (C=O) groups is 4. The van der Waals surface area contributed by atoms with Crippen LogP contribution in [0.4, 0.5) is 0 Å². The zero-order valence-corrected chi connectivity index (χ0v) is 8.12. The van der Waals surface area contributed by atoms with E-state index in [1.165, 1.54) is 0 Å². The van der Waals surface area contributed by atoms with Gasteiger partial charge in [-0.15, -0.1) is 0 Å². The maximum absolute atomic E-state index is 9.78. The van der Waals surface area contributed by atoms with Crippen molar-refractivity contribution in [1.29, 1.82) is 0 Å². The fourth-order valence-corrected chi connectivity index (χ4v) is 0.367. The van der Waals surface area contributed by atoms with Crippen molar-refractivity contribution in [3.8, 4) is 0 Å². The van der Waals surface area contributed by atoms with Gasteiger partial charge in [0.05, 0.1) is 12.8 Å². The van der Waals surface area contributed by atoms with Crippen molar-refractivity contribution in [2.75, 3.05) is 0 Å². The average molecular weight is 233 g/mol. The maximum Gasteiger partial charge on any atom is 0.328 e. The van der Waals surface area contributed by atoms with Gasteiger partial charge in [0.1, 0.15) is 0 Å². The Balaban J connectivity index is 0. The Morgan fingerprint density at radius 2 is 1.25 bits per heavy atom. The minimum atomic E-state index is -1.18. The molecule has 0 spiro atoms. The second-order valence-electron chi connectivity index (χ2n) is 2.36. The molecule has 0 unspecified atom stereocenters. The number of aliphatic carboxylic acids is 3. The van der Waals surface area contributed by atoms with Crippen molar-refractivity contribution in [2.24, 2.45) is 5.73 Å². The topological polar surface area (TPSA) is 155 Å². The van der Waals surface area contributed by atoms with Gasteiger partial charge in [0, 0.05) is 12.2 Å². The van der Waals surface area contributed by atoms with Crippen molar-refractivity contribution < 1.29 is 34.5 Å². The van der Waals surface area contributed by atoms with Crippen molar-refractivity contribution in [1.82, 2.24) is 0 Å². The molecule has 0 heterocycles. The molecule has 0 fully saturated rings. The molecule has 0 aliphatic carbocycles. The van der Waals surface area contributed by atoms with E-state index in [2.05, 4.69) is 5.73 Å². The summed E-state index contributed by atoms with van der Waals surface area (Å²) in [5.41, 5.74) is 4.55. The first-order valence-corrected chi connectivity index (χ1v) is 3.89. The van der Waals surface area contributed by atoms with Gasteiger partial charge in [0.2, 0.25) is 5.91 Å². The summed E-state index contributed by atoms with van der Waals surface area (Å²) in [4.78, 5) is 38.7. The number of hydrogen-bond acceptors (Lipinski definition) is 4. The molecule has 0 radical (unpaired) electrons. The van der Waals surface area contributed by atoms with Gasteiger partial charge < -0.3 is 21.1 Å². The molecule has 1 amide bonds. The van der Waals surface area contributed by atoms with Gasteiger partial charge in [-0.1, -0.05) is 0 Å². The molecule has 0 aliphatic heterocycles. The van der Waals surface area contributed by atoms with E-state index in [4.69, 9.17) is 15.3 Å². The largest absolute Gasteiger partial charge is 0.481 e. The molecule has 5 N–H and O–H groups in total. The number of primary amides is 1. The molecule has 0 bridgehead atoms. The summed E-state index contributed by atoms with van der Waals surface area (Å²) in [6.45, 7) is 0. The molecule has 90 valence electrons. The van der Waals surface area contributed by atoms with E-state index in [1.54, 1.807) is 0 Å². The molecule has 0 rings (SSSR count). The number of hydrogen-bond donors (Lipinski definition) is 4. The first-order valence-electron chi connectivity index (χ1n) is 3.89. The SMILES string of the molecule is NC(=O)/C=C\C(=O)O.O=C(O)CCC(=O)O. The molecule has 0 aromatic carbocycles. The average Bonchev–Trinajstić information content (AvgIpc) is 2.12. The van der Waals surface area contributed by atoms with Crippen LogP contribution in [0.2, 0.25) is 0 Å². The van der Waals surface area contributed by atoms with Gasteiger partial charge in [0.15, 0.2) is 0 Å². The van der Waals surface area contributed by atoms with E-state index < -0.39 is 23.8 Å². The highest BCUT2D eigenvalue weighted by atomic mass is 16.4. The maximum atomic E-state index is 9.78. The van der Waals surface area contributed by atoms with Crippen molar-refractivity contribution in [3.63, 3.8) is 0 Å². The van der Waals surface area contributed by atoms with Crippen LogP contribution in [0.3, 0.4) is 0 Å². The van der Waals surface area contributed by atoms with Crippen molar-refractivity contribution >= 4 is 23.8 Å². The van der Waals surface area contributed by atoms with E-state index in [9.17, 15) is 19.2 Å². The van der Waals surface area contributed by atoms with E-state index in [-0.39, 0.29) is 12.8 Å². The predicted octanol–water partition coefficient (Wildman–Crippen LogP) is -0.952. The van der Waals surface area contributed by atoms with E-state index in [0.29, 0.717) is 6.08 Å². The highest BCUT2D eigenvalue weighted by molar-refractivity contribution is 5.92. The second kappa shape index (κ2) is 9.19. The second-order valence-corrected chi connectivity index (χ2v) is 2.36. The third kappa shape index (κ3) is 22.6. The quantitative estimate of drug-likeness (QED) is 0.446. The number of carboxylic acid groups (broad SMARTS) is 3. The Hall–Kier alpha value is -2.38. The Morgan fingerprint density at radius 3 is 1.38 bits per heavy atom. The lowest BCUT2D eigenvalue weighted by molar-refractivity contribution is -0.143. The zero-order chi connectivity index (χ0) is 13.1. The standard InChI is InChI=1S/C4H5NO3.C4H6O4/c2*5-3(6)1-2-4(7)8/h1-2H,(H2,5,6)(H,7,8);1-2H2,(H,5,6)(H,7,8)/b2-1-;. The highest BCUT2D eigenvalue weighted by Gasteiger charge is 2.00. The molecule has 0 saturated heterocycles. The number of nitrogens with two attached hydrogens (primary N) is 1. The van der Waals surface area contributed by atoms with Crippen LogP contribution in [0.5, 0.6) is 0 Å². The van der Waals surface area contributed by atoms with Crippen molar-refractivity contribution in [3.05, 3.63) is 12.2 Å². The first-order chi connectivity index (χ1) is 7.25. The predicted molar refractivity (Wildman–Crippen MR) is 50.5 cm³/mol. The smallest absolute Gasteiger partial charge is 0.328 e. The number of carbonyl (C=O) groups excluding carboxylic acids is 1. The lowest BCUT2D eigenvalue weighted by Crippen LogP contribution is -2.06. The summed E-state index contributed by atoms with van der Waals surface area (Å²) in [5, 5.41) is 23.7. The molecular weight excluding hydrogens is 222 g/mol. The van der Waals surface area contributed by atoms with Gasteiger partial charge in [-0.3, -0.25) is 14.4 Å². The third-order valence-corrected chi connectivity index (χ3v) is 0.943. The number of rotatable bonds is 5. The highest BCUT2D eigenvalue weighted by Crippen LogP contribution is 1.86. The van der Waals surface area contributed by atoms with E-state index in [0.717, 1.165) is 6.08 Å². The molecule has 0 aromatic rings. The van der Waals surface area contributed by atoms with Gasteiger partial charge in [-0.2, -0.15) is 0 Å². The normalized spacial score (nSPS) is 9.00. The molecule has 0 aliphatic rings. The summed E-state index contributed by atoms with van der Waals surface area (Å²) in [7, 11) is 0. The molecule has 16 heavy (non-hydrogen) atoms. The fourth-order valence-electron chi connectivity index (χ4n) is 0.367. The molecule has 0 saturated carbocycles. The van der Waals surface area contributed by atoms with E-state index in [1.807, 2.05) is 0 Å². The van der Waals surface area contributed by atoms with Gasteiger partial charge >= 0.3 is 17.9 Å². The Morgan fingerprint density at radius 1 is 0.875 bits per heavy atom. The third-order valence-electron chi connectivity index (χ3n) is 0.943. The van der Waals surface area contributed by atoms with Crippen LogP contribution in [0.1, 0.15) is 12.8 Å². The van der Waals surface area contributed by atoms with Crippen LogP contribution in [0, 0.1) is 0 Å². The lowest BCUT2D eigenvalue weighted by atomic mass is 10.3. The van der Waals surface area contributed by atoms with Gasteiger partial charge in [-0.05, 0) is 0 Å². The molecule has 0 atom stereocenters. The summed E-state index contributed by atoms with van der Waals surface area (Å²) < 4.78 is 0. The number of carboxylic acids is 3. The van der Waals surface area contributed by atoms with Crippen LogP contribution >= 0.6 is 0 Å². The monoisotopic (exact) mass is 233 g/mol. The van der Waals surface area contributed by atoms with Crippen LogP contribution in [0.15, 0.2) is 12.2 Å². The molecule has 8 heteroatoms. The van der Waals surface area contributed by atoms with Crippen LogP contribution in [0.25, 0.3) is 0 Å². The van der Waals surface area contributed by atoms with Gasteiger partial charge in [-0.25, -0.2) is 4.79 Å². The van der Waals surface area contributed by atoms with Gasteiger partial charge in [0.25, 0.3) is 0 Å². The molecule has 0 aromatic heterocycles. The Bertz CT molecular complexity index is 278. The lowest BCUT2D eigenvalue weighted by Gasteiger charge is -1.85. The van der Waals surface area contributed by atoms with Crippen molar-refractivity contribution in [2.45, 2.75) is 12.8 Å². The van der Waals surface area contributed by atoms with Crippen LogP contribution < -0.4 is 5.73 Å². The fraction of sp³-hybridized carbons (Fsp3) is 0.250. The Kier molecular flexibility index (Phi) is 9.22. The van der Waals surface area contributed by atoms with E-state index >= 15 is 0 Å². The minimum absolute atomic E-state index is 0.296. The Labute approximate surface area is 90.0 Å². The minimum Gasteiger partial charge on any atom is -0.481 e. The summed E-state index contributed by atoms with van der Waals surface area (Å²) >= 11 is 0.